The molecular weight excluding hydrogens is 442 g/mol. The minimum absolute atomic E-state index is 0.00837. The van der Waals surface area contributed by atoms with Gasteiger partial charge in [0.25, 0.3) is 5.91 Å². The molecule has 0 radical (unpaired) electrons. The van der Waals surface area contributed by atoms with Gasteiger partial charge in [0.2, 0.25) is 17.6 Å². The van der Waals surface area contributed by atoms with Gasteiger partial charge in [-0.2, -0.15) is 8.78 Å². The van der Waals surface area contributed by atoms with Crippen LogP contribution in [-0.4, -0.2) is 34.4 Å². The molecule has 32 heavy (non-hydrogen) atoms. The molecule has 2 aliphatic rings. The third-order valence-electron chi connectivity index (χ3n) is 5.43. The van der Waals surface area contributed by atoms with Gasteiger partial charge in [-0.1, -0.05) is 35.9 Å². The Morgan fingerprint density at radius 2 is 1.94 bits per heavy atom. The zero-order chi connectivity index (χ0) is 24.8. The maximum absolute atomic E-state index is 14.5. The smallest absolute Gasteiger partial charge is 0.322 e. The third-order valence-corrected chi connectivity index (χ3v) is 5.68. The van der Waals surface area contributed by atoms with Gasteiger partial charge >= 0.3 is 5.92 Å². The Morgan fingerprint density at radius 1 is 1.22 bits per heavy atom. The summed E-state index contributed by atoms with van der Waals surface area (Å²) in [5.74, 6) is -7.30. The molecule has 2 unspecified atom stereocenters. The predicted molar refractivity (Wildman–Crippen MR) is 111 cm³/mol. The Balaban J connectivity index is 1.48. The SMILES string of the molecule is [2H]C1CC(=O)NC(=O)C1([2H])N1Cc2cc(CCC(=O)C(F)(F)c3ccc(Cl)cc3)ccc2C1=O. The molecule has 3 amide bonds. The summed E-state index contributed by atoms with van der Waals surface area (Å²) in [6.07, 6.45) is -2.32. The highest BCUT2D eigenvalue weighted by atomic mass is 35.5. The van der Waals surface area contributed by atoms with Crippen LogP contribution in [0, 0.1) is 0 Å². The molecule has 2 aromatic rings. The summed E-state index contributed by atoms with van der Waals surface area (Å²) in [5.41, 5.74) is 0.735. The fraction of sp³-hybridized carbons (Fsp3) is 0.304. The van der Waals surface area contributed by atoms with Crippen LogP contribution in [0.2, 0.25) is 5.02 Å². The second-order valence-corrected chi connectivity index (χ2v) is 7.99. The molecular formula is C23H19ClF2N2O4. The van der Waals surface area contributed by atoms with Crippen molar-refractivity contribution in [2.75, 3.05) is 0 Å². The summed E-state index contributed by atoms with van der Waals surface area (Å²) < 4.78 is 45.6. The summed E-state index contributed by atoms with van der Waals surface area (Å²) in [4.78, 5) is 49.9. The molecule has 2 aliphatic heterocycles. The number of rotatable bonds is 6. The largest absolute Gasteiger partial charge is 0.330 e. The van der Waals surface area contributed by atoms with Gasteiger partial charge in [0.1, 0.15) is 6.02 Å². The van der Waals surface area contributed by atoms with E-state index in [9.17, 15) is 28.0 Å². The quantitative estimate of drug-likeness (QED) is 0.667. The van der Waals surface area contributed by atoms with Crippen LogP contribution in [0.15, 0.2) is 42.5 Å². The number of carbonyl (C=O) groups excluding carboxylic acids is 4. The highest BCUT2D eigenvalue weighted by Gasteiger charge is 2.41. The van der Waals surface area contributed by atoms with Crippen molar-refractivity contribution in [1.29, 1.82) is 0 Å². The van der Waals surface area contributed by atoms with Gasteiger partial charge in [-0.15, -0.1) is 0 Å². The van der Waals surface area contributed by atoms with Gasteiger partial charge in [0.15, 0.2) is 0 Å². The van der Waals surface area contributed by atoms with Crippen molar-refractivity contribution < 1.29 is 30.7 Å². The van der Waals surface area contributed by atoms with Crippen LogP contribution in [0.25, 0.3) is 0 Å². The van der Waals surface area contributed by atoms with Crippen LogP contribution < -0.4 is 5.32 Å². The number of fused-ring (bicyclic) bond motifs is 1. The lowest BCUT2D eigenvalue weighted by Gasteiger charge is -2.29. The van der Waals surface area contributed by atoms with E-state index in [-0.39, 0.29) is 23.6 Å². The van der Waals surface area contributed by atoms with Crippen molar-refractivity contribution in [2.45, 2.75) is 44.1 Å². The van der Waals surface area contributed by atoms with E-state index in [0.717, 1.165) is 17.0 Å². The molecule has 166 valence electrons. The number of hydrogen-bond acceptors (Lipinski definition) is 4. The Bertz CT molecular complexity index is 1210. The number of benzene rings is 2. The van der Waals surface area contributed by atoms with Crippen molar-refractivity contribution >= 4 is 35.1 Å². The summed E-state index contributed by atoms with van der Waals surface area (Å²) in [6.45, 7) is -0.155. The van der Waals surface area contributed by atoms with E-state index in [1.807, 2.05) is 5.32 Å². The standard InChI is InChI=1S/C23H19ClF2N2O4/c24-16-5-3-15(4-6-16)23(25,26)19(29)9-2-13-1-7-17-14(11-13)12-28(22(17)32)18-8-10-20(30)27-21(18)31/h1,3-7,11,18H,2,8-10,12H2,(H,27,30,31)/i8D,18D. The maximum atomic E-state index is 14.5. The molecule has 1 saturated heterocycles. The van der Waals surface area contributed by atoms with Gasteiger partial charge in [-0.25, -0.2) is 0 Å². The number of nitrogens with zero attached hydrogens (tertiary/aromatic N) is 1. The van der Waals surface area contributed by atoms with Gasteiger partial charge in [0.05, 0.1) is 1.37 Å². The first-order valence-corrected chi connectivity index (χ1v) is 10.2. The maximum Gasteiger partial charge on any atom is 0.330 e. The van der Waals surface area contributed by atoms with Crippen molar-refractivity contribution in [3.63, 3.8) is 0 Å². The topological polar surface area (TPSA) is 83.6 Å². The average Bonchev–Trinajstić information content (AvgIpc) is 3.12. The third kappa shape index (κ3) is 4.14. The fourth-order valence-corrected chi connectivity index (χ4v) is 3.84. The van der Waals surface area contributed by atoms with E-state index < -0.39 is 60.2 Å². The van der Waals surface area contributed by atoms with E-state index >= 15 is 0 Å². The van der Waals surface area contributed by atoms with Crippen molar-refractivity contribution in [1.82, 2.24) is 10.2 Å². The van der Waals surface area contributed by atoms with Crippen LogP contribution in [0.5, 0.6) is 0 Å². The van der Waals surface area contributed by atoms with E-state index in [4.69, 9.17) is 14.3 Å². The number of Topliss-reactive ketones (excluding diaryl/α,β-unsaturated/α-hetero) is 1. The molecule has 1 N–H and O–H groups in total. The molecule has 0 aromatic heterocycles. The van der Waals surface area contributed by atoms with E-state index in [2.05, 4.69) is 0 Å². The summed E-state index contributed by atoms with van der Waals surface area (Å²) in [6, 6.07) is 7.02. The lowest BCUT2D eigenvalue weighted by Crippen LogP contribution is -2.52. The molecule has 6 nitrogen and oxygen atoms in total. The van der Waals surface area contributed by atoms with Gasteiger partial charge in [-0.3, -0.25) is 24.5 Å². The van der Waals surface area contributed by atoms with Crippen LogP contribution in [0.1, 0.15) is 49.0 Å². The Morgan fingerprint density at radius 3 is 2.62 bits per heavy atom. The number of hydrogen-bond donors (Lipinski definition) is 1. The summed E-state index contributed by atoms with van der Waals surface area (Å²) in [5, 5.41) is 2.28. The minimum Gasteiger partial charge on any atom is -0.322 e. The Kier molecular flexibility index (Phi) is 5.15. The van der Waals surface area contributed by atoms with Crippen LogP contribution in [0.3, 0.4) is 0 Å². The Hall–Kier alpha value is -3.13. The van der Waals surface area contributed by atoms with Gasteiger partial charge < -0.3 is 4.90 Å². The molecule has 2 aromatic carbocycles. The second kappa shape index (κ2) is 8.43. The second-order valence-electron chi connectivity index (χ2n) is 7.56. The number of piperidine rings is 1. The van der Waals surface area contributed by atoms with Gasteiger partial charge in [-0.05, 0) is 42.1 Å². The number of carbonyl (C=O) groups is 4. The molecule has 2 heterocycles. The summed E-state index contributed by atoms with van der Waals surface area (Å²) >= 11 is 5.71. The zero-order valence-corrected chi connectivity index (χ0v) is 17.4. The molecule has 9 heteroatoms. The molecule has 0 saturated carbocycles. The average molecular weight is 463 g/mol. The molecule has 0 bridgehead atoms. The number of ketones is 1. The molecule has 0 aliphatic carbocycles. The van der Waals surface area contributed by atoms with E-state index in [0.29, 0.717) is 11.1 Å². The molecule has 0 spiro atoms. The van der Waals surface area contributed by atoms with E-state index in [1.165, 1.54) is 24.3 Å². The van der Waals surface area contributed by atoms with Crippen molar-refractivity contribution in [3.05, 3.63) is 69.7 Å². The number of halogens is 3. The molecule has 2 atom stereocenters. The number of nitrogens with one attached hydrogen (secondary N) is 1. The highest BCUT2D eigenvalue weighted by Crippen LogP contribution is 2.32. The number of amides is 3. The molecule has 4 rings (SSSR count). The number of imide groups is 1. The zero-order valence-electron chi connectivity index (χ0n) is 18.7. The first kappa shape index (κ1) is 19.5. The van der Waals surface area contributed by atoms with Crippen LogP contribution in [0.4, 0.5) is 8.78 Å². The minimum atomic E-state index is -3.68. The first-order chi connectivity index (χ1) is 15.9. The highest BCUT2D eigenvalue weighted by molar-refractivity contribution is 6.30. The monoisotopic (exact) mass is 462 g/mol. The summed E-state index contributed by atoms with van der Waals surface area (Å²) in [7, 11) is 0. The number of alkyl halides is 2. The van der Waals surface area contributed by atoms with E-state index in [1.54, 1.807) is 6.07 Å². The lowest BCUT2D eigenvalue weighted by atomic mass is 9.97. The van der Waals surface area contributed by atoms with Crippen LogP contribution >= 0.6 is 11.6 Å². The van der Waals surface area contributed by atoms with Crippen molar-refractivity contribution in [2.24, 2.45) is 0 Å². The van der Waals surface area contributed by atoms with Crippen molar-refractivity contribution in [3.8, 4) is 0 Å². The molecule has 1 fully saturated rings. The lowest BCUT2D eigenvalue weighted by molar-refractivity contribution is -0.144. The normalized spacial score (nSPS) is 24.0. The van der Waals surface area contributed by atoms with Gasteiger partial charge in [0, 0.05) is 36.9 Å². The Labute approximate surface area is 190 Å². The van der Waals surface area contributed by atoms with Crippen LogP contribution in [-0.2, 0) is 33.3 Å². The number of aryl methyl sites for hydroxylation is 1. The first-order valence-electron chi connectivity index (χ1n) is 10.9. The fourth-order valence-electron chi connectivity index (χ4n) is 3.72. The predicted octanol–water partition coefficient (Wildman–Crippen LogP) is 3.39.